The molecular formula is C45H68NO8P. The van der Waals surface area contributed by atoms with Gasteiger partial charge in [-0.15, -0.1) is 6.42 Å². The molecule has 4 atom stereocenters. The lowest BCUT2D eigenvalue weighted by molar-refractivity contribution is -0.157. The fourth-order valence-corrected chi connectivity index (χ4v) is 8.30. The van der Waals surface area contributed by atoms with Crippen molar-refractivity contribution in [2.45, 2.75) is 173 Å². The number of hydrogen-bond acceptors (Lipinski definition) is 8. The van der Waals surface area contributed by atoms with E-state index < -0.39 is 44.2 Å². The van der Waals surface area contributed by atoms with Crippen molar-refractivity contribution < 1.29 is 37.4 Å². The van der Waals surface area contributed by atoms with Crippen LogP contribution in [0.3, 0.4) is 0 Å². The maximum absolute atomic E-state index is 14.5. The minimum absolute atomic E-state index is 0.161. The second-order valence-corrected chi connectivity index (χ2v) is 16.8. The van der Waals surface area contributed by atoms with Gasteiger partial charge in [-0.25, -0.2) is 4.57 Å². The minimum Gasteiger partial charge on any atom is -0.462 e. The molecule has 2 aromatic rings. The number of ether oxygens (including phenoxy) is 3. The largest absolute Gasteiger partial charge is 0.462 e. The van der Waals surface area contributed by atoms with Crippen LogP contribution in [0.1, 0.15) is 148 Å². The monoisotopic (exact) mass is 781 g/mol. The van der Waals surface area contributed by atoms with Gasteiger partial charge in [-0.1, -0.05) is 164 Å². The molecule has 1 N–H and O–H groups in total. The molecule has 0 aromatic heterocycles. The molecule has 0 saturated carbocycles. The number of carbonyl (C=O) groups is 2. The number of benzene rings is 2. The Kier molecular flexibility index (Phi) is 22.4. The summed E-state index contributed by atoms with van der Waals surface area (Å²) in [7, 11) is -4.32. The van der Waals surface area contributed by atoms with Gasteiger partial charge in [0.25, 0.3) is 0 Å². The summed E-state index contributed by atoms with van der Waals surface area (Å²) in [4.78, 5) is 26.2. The van der Waals surface area contributed by atoms with Gasteiger partial charge < -0.3 is 18.7 Å². The van der Waals surface area contributed by atoms with E-state index in [1.54, 1.807) is 44.2 Å². The maximum atomic E-state index is 14.5. The van der Waals surface area contributed by atoms with E-state index in [-0.39, 0.29) is 31.2 Å². The van der Waals surface area contributed by atoms with Gasteiger partial charge in [-0.2, -0.15) is 5.09 Å². The van der Waals surface area contributed by atoms with Gasteiger partial charge in [0.1, 0.15) is 24.5 Å². The van der Waals surface area contributed by atoms with Crippen LogP contribution >= 0.6 is 7.75 Å². The second kappa shape index (κ2) is 26.7. The molecule has 1 saturated heterocycles. The zero-order valence-corrected chi connectivity index (χ0v) is 34.7. The molecule has 0 amide bonds. The summed E-state index contributed by atoms with van der Waals surface area (Å²) in [5.41, 5.74) is -0.674. The van der Waals surface area contributed by atoms with E-state index >= 15 is 0 Å². The number of para-hydroxylation sites is 1. The quantitative estimate of drug-likeness (QED) is 0.0358. The van der Waals surface area contributed by atoms with Crippen LogP contribution in [0.25, 0.3) is 0 Å². The fraction of sp³-hybridized carbons (Fsp3) is 0.644. The SMILES string of the molecule is C#CC1(COP(=O)(N[C@@H](Cc2ccccc2)C(=O)OC(C)C)Oc2ccccc2)OCCC1OC(=O)CCCCCCCCCCCCCCCCCCC. The summed E-state index contributed by atoms with van der Waals surface area (Å²) < 4.78 is 43.7. The highest BCUT2D eigenvalue weighted by molar-refractivity contribution is 7.52. The Morgan fingerprint density at radius 2 is 1.36 bits per heavy atom. The normalized spacial score (nSPS) is 18.3. The first-order chi connectivity index (χ1) is 26.7. The van der Waals surface area contributed by atoms with Crippen molar-refractivity contribution in [1.82, 2.24) is 5.09 Å². The van der Waals surface area contributed by atoms with Crippen molar-refractivity contribution in [3.8, 4) is 18.1 Å². The molecule has 9 nitrogen and oxygen atoms in total. The van der Waals surface area contributed by atoms with Crippen molar-refractivity contribution in [3.63, 3.8) is 0 Å². The van der Waals surface area contributed by atoms with Crippen LogP contribution in [0.15, 0.2) is 60.7 Å². The molecule has 1 aliphatic rings. The number of hydrogen-bond donors (Lipinski definition) is 1. The number of esters is 2. The van der Waals surface area contributed by atoms with E-state index in [1.807, 2.05) is 30.3 Å². The molecule has 55 heavy (non-hydrogen) atoms. The van der Waals surface area contributed by atoms with E-state index in [2.05, 4.69) is 17.9 Å². The molecule has 3 rings (SSSR count). The van der Waals surface area contributed by atoms with Gasteiger partial charge in [0.15, 0.2) is 5.60 Å². The fourth-order valence-electron chi connectivity index (χ4n) is 6.78. The summed E-state index contributed by atoms with van der Waals surface area (Å²) in [6, 6.07) is 16.7. The first kappa shape index (κ1) is 46.2. The number of carbonyl (C=O) groups excluding carboxylic acids is 2. The first-order valence-corrected chi connectivity index (χ1v) is 22.6. The molecule has 0 bridgehead atoms. The third-order valence-electron chi connectivity index (χ3n) is 9.91. The van der Waals surface area contributed by atoms with Gasteiger partial charge in [0, 0.05) is 12.8 Å². The van der Waals surface area contributed by atoms with Crippen molar-refractivity contribution in [3.05, 3.63) is 66.2 Å². The van der Waals surface area contributed by atoms with Gasteiger partial charge in [0.2, 0.25) is 0 Å². The number of nitrogens with one attached hydrogen (secondary N) is 1. The Bertz CT molecular complexity index is 1430. The van der Waals surface area contributed by atoms with Gasteiger partial charge in [-0.05, 0) is 44.4 Å². The Labute approximate surface area is 331 Å². The molecule has 0 radical (unpaired) electrons. The lowest BCUT2D eigenvalue weighted by Crippen LogP contribution is -2.46. The van der Waals surface area contributed by atoms with Crippen molar-refractivity contribution in [2.75, 3.05) is 13.2 Å². The van der Waals surface area contributed by atoms with Crippen LogP contribution < -0.4 is 9.61 Å². The van der Waals surface area contributed by atoms with Crippen LogP contribution in [-0.4, -0.2) is 49.0 Å². The van der Waals surface area contributed by atoms with E-state index in [0.29, 0.717) is 6.42 Å². The minimum atomic E-state index is -4.32. The van der Waals surface area contributed by atoms with E-state index in [4.69, 9.17) is 29.7 Å². The highest BCUT2D eigenvalue weighted by Gasteiger charge is 2.48. The zero-order chi connectivity index (χ0) is 39.6. The second-order valence-electron chi connectivity index (χ2n) is 15.1. The third kappa shape index (κ3) is 18.6. The van der Waals surface area contributed by atoms with Crippen LogP contribution in [-0.2, 0) is 39.3 Å². The van der Waals surface area contributed by atoms with Crippen molar-refractivity contribution >= 4 is 19.7 Å². The van der Waals surface area contributed by atoms with E-state index in [9.17, 15) is 14.2 Å². The van der Waals surface area contributed by atoms with Crippen molar-refractivity contribution in [1.29, 1.82) is 0 Å². The summed E-state index contributed by atoms with van der Waals surface area (Å²) in [5.74, 6) is 1.91. The summed E-state index contributed by atoms with van der Waals surface area (Å²) in [6.45, 7) is 5.58. The standard InChI is InChI=1S/C45H68NO8P/c1-5-7-8-9-10-11-12-13-14-15-16-17-18-19-20-21-28-33-43(47)53-42-34-35-50-45(42,6-2)37-51-55(49,54-40-31-26-23-27-32-40)46-41(44(48)52-38(3)4)36-39-29-24-22-25-30-39/h2,22-27,29-32,38,41-42H,5,7-21,28,33-37H2,1,3-4H3,(H,46,49)/t41-,42?,45?,55?/m0/s1. The molecule has 306 valence electrons. The number of unbranched alkanes of at least 4 members (excludes halogenated alkanes) is 16. The lowest BCUT2D eigenvalue weighted by atomic mass is 9.99. The highest BCUT2D eigenvalue weighted by atomic mass is 31.2. The van der Waals surface area contributed by atoms with Crippen LogP contribution in [0, 0.1) is 12.3 Å². The number of rotatable bonds is 30. The molecule has 1 heterocycles. The topological polar surface area (TPSA) is 109 Å². The average molecular weight is 782 g/mol. The summed E-state index contributed by atoms with van der Waals surface area (Å²) >= 11 is 0. The molecular weight excluding hydrogens is 713 g/mol. The lowest BCUT2D eigenvalue weighted by Gasteiger charge is -2.31. The average Bonchev–Trinajstić information content (AvgIpc) is 3.57. The van der Waals surface area contributed by atoms with Gasteiger partial charge in [0.05, 0.1) is 12.7 Å². The molecule has 0 aliphatic carbocycles. The molecule has 2 aromatic carbocycles. The molecule has 1 fully saturated rings. The van der Waals surface area contributed by atoms with Gasteiger partial charge in [-0.3, -0.25) is 14.1 Å². The maximum Gasteiger partial charge on any atom is 0.459 e. The molecule has 3 unspecified atom stereocenters. The molecule has 10 heteroatoms. The van der Waals surface area contributed by atoms with E-state index in [0.717, 1.165) is 24.8 Å². The highest BCUT2D eigenvalue weighted by Crippen LogP contribution is 2.47. The first-order valence-electron chi connectivity index (χ1n) is 21.0. The Morgan fingerprint density at radius 1 is 0.836 bits per heavy atom. The summed E-state index contributed by atoms with van der Waals surface area (Å²) in [5, 5.41) is 2.83. The van der Waals surface area contributed by atoms with Gasteiger partial charge >= 0.3 is 19.7 Å². The smallest absolute Gasteiger partial charge is 0.459 e. The molecule has 1 aliphatic heterocycles. The summed E-state index contributed by atoms with van der Waals surface area (Å²) in [6.07, 6.45) is 27.2. The number of terminal acetylenes is 1. The van der Waals surface area contributed by atoms with E-state index in [1.165, 1.54) is 89.9 Å². The van der Waals surface area contributed by atoms with Crippen LogP contribution in [0.5, 0.6) is 5.75 Å². The van der Waals surface area contributed by atoms with Crippen molar-refractivity contribution in [2.24, 2.45) is 0 Å². The Morgan fingerprint density at radius 3 is 1.89 bits per heavy atom. The van der Waals surface area contributed by atoms with Crippen LogP contribution in [0.4, 0.5) is 0 Å². The third-order valence-corrected chi connectivity index (χ3v) is 11.5. The predicted octanol–water partition coefficient (Wildman–Crippen LogP) is 11.1. The predicted molar refractivity (Wildman–Crippen MR) is 220 cm³/mol. The Hall–Kier alpha value is -3.15. The van der Waals surface area contributed by atoms with Crippen LogP contribution in [0.2, 0.25) is 0 Å². The zero-order valence-electron chi connectivity index (χ0n) is 33.9. The Balaban J connectivity index is 1.46. The molecule has 0 spiro atoms.